The van der Waals surface area contributed by atoms with Crippen LogP contribution in [0.5, 0.6) is 5.75 Å². The molecule has 2 aromatic heterocycles. The molecule has 1 aliphatic carbocycles. The van der Waals surface area contributed by atoms with E-state index in [1.54, 1.807) is 18.2 Å². The number of hydrogen-bond acceptors (Lipinski definition) is 5. The summed E-state index contributed by atoms with van der Waals surface area (Å²) >= 11 is 1.26. The van der Waals surface area contributed by atoms with Gasteiger partial charge in [0.05, 0.1) is 24.2 Å². The molecule has 0 bridgehead atoms. The first-order valence-corrected chi connectivity index (χ1v) is 11.7. The number of benzene rings is 2. The number of methoxy groups -OCH3 is 1. The molecule has 5 rings (SSSR count). The molecule has 1 atom stereocenters. The smallest absolute Gasteiger partial charge is 0.348 e. The molecule has 5 nitrogen and oxygen atoms in total. The molecule has 2 aromatic carbocycles. The van der Waals surface area contributed by atoms with Crippen LogP contribution >= 0.6 is 11.3 Å². The maximum atomic E-state index is 15.3. The van der Waals surface area contributed by atoms with Crippen LogP contribution in [-0.2, 0) is 11.3 Å². The highest BCUT2D eigenvalue weighted by molar-refractivity contribution is 7.20. The zero-order chi connectivity index (χ0) is 22.8. The number of carbonyl (C=O) groups excluding carboxylic acids is 1. The van der Waals surface area contributed by atoms with Gasteiger partial charge >= 0.3 is 5.97 Å². The minimum Gasteiger partial charge on any atom is -0.489 e. The SMILES string of the molecule is COC(=O)c1cc2c(nc(-c3ccc(OCc4ccccc4)cc3F)n2C2C=CCCC2)s1. The number of rotatable bonds is 6. The van der Waals surface area contributed by atoms with Gasteiger partial charge in [-0.1, -0.05) is 42.5 Å². The predicted molar refractivity (Wildman–Crippen MR) is 127 cm³/mol. The van der Waals surface area contributed by atoms with E-state index < -0.39 is 11.8 Å². The number of carbonyl (C=O) groups is 1. The Kier molecular flexibility index (Phi) is 5.96. The van der Waals surface area contributed by atoms with Crippen molar-refractivity contribution in [1.82, 2.24) is 9.55 Å². The van der Waals surface area contributed by atoms with Crippen LogP contribution in [0.15, 0.2) is 66.7 Å². The van der Waals surface area contributed by atoms with Crippen molar-refractivity contribution in [3.8, 4) is 17.1 Å². The van der Waals surface area contributed by atoms with E-state index in [1.807, 2.05) is 34.9 Å². The number of allylic oxidation sites excluding steroid dienone is 2. The van der Waals surface area contributed by atoms with Crippen LogP contribution in [0.4, 0.5) is 4.39 Å². The van der Waals surface area contributed by atoms with Crippen LogP contribution in [0, 0.1) is 5.82 Å². The third kappa shape index (κ3) is 4.28. The standard InChI is InChI=1S/C26H23FN2O3S/c1-31-26(30)23-15-22-25(33-23)28-24(29(22)18-10-6-3-7-11-18)20-13-12-19(14-21(20)27)32-16-17-8-4-2-5-9-17/h2,4-6,8-10,12-15,18H,3,7,11,16H2,1H3. The van der Waals surface area contributed by atoms with Gasteiger partial charge in [-0.3, -0.25) is 0 Å². The Labute approximate surface area is 195 Å². The van der Waals surface area contributed by atoms with E-state index in [0.717, 1.165) is 30.3 Å². The highest BCUT2D eigenvalue weighted by Crippen LogP contribution is 2.38. The normalized spacial score (nSPS) is 15.6. The summed E-state index contributed by atoms with van der Waals surface area (Å²) in [6, 6.07) is 16.5. The number of hydrogen-bond donors (Lipinski definition) is 0. The minimum atomic E-state index is -0.396. The van der Waals surface area contributed by atoms with Crippen LogP contribution in [0.1, 0.15) is 40.5 Å². The van der Waals surface area contributed by atoms with Crippen LogP contribution in [0.2, 0.25) is 0 Å². The highest BCUT2D eigenvalue weighted by Gasteiger charge is 2.25. The number of thiophene rings is 1. The van der Waals surface area contributed by atoms with Gasteiger partial charge < -0.3 is 14.0 Å². The van der Waals surface area contributed by atoms with Gasteiger partial charge in [-0.2, -0.15) is 0 Å². The van der Waals surface area contributed by atoms with Gasteiger partial charge in [0.2, 0.25) is 0 Å². The van der Waals surface area contributed by atoms with E-state index in [-0.39, 0.29) is 6.04 Å². The third-order valence-corrected chi connectivity index (χ3v) is 6.76. The molecule has 0 fully saturated rings. The fourth-order valence-electron chi connectivity index (χ4n) is 4.13. The summed E-state index contributed by atoms with van der Waals surface area (Å²) in [4.78, 5) is 18.0. The molecule has 168 valence electrons. The number of nitrogens with zero attached hydrogens (tertiary/aromatic N) is 2. The van der Waals surface area contributed by atoms with Crippen LogP contribution in [0.25, 0.3) is 21.7 Å². The van der Waals surface area contributed by atoms with Gasteiger partial charge in [0.15, 0.2) is 0 Å². The molecule has 0 radical (unpaired) electrons. The second kappa shape index (κ2) is 9.19. The molecule has 33 heavy (non-hydrogen) atoms. The largest absolute Gasteiger partial charge is 0.489 e. The lowest BCUT2D eigenvalue weighted by atomic mass is 10.0. The van der Waals surface area contributed by atoms with Crippen molar-refractivity contribution >= 4 is 27.7 Å². The molecule has 4 aromatic rings. The van der Waals surface area contributed by atoms with Gasteiger partial charge in [0.1, 0.15) is 33.7 Å². The molecule has 0 saturated carbocycles. The average molecular weight is 463 g/mol. The van der Waals surface area contributed by atoms with E-state index in [4.69, 9.17) is 14.5 Å². The molecule has 0 aliphatic heterocycles. The topological polar surface area (TPSA) is 53.4 Å². The van der Waals surface area contributed by atoms with Crippen LogP contribution in [-0.4, -0.2) is 22.6 Å². The molecule has 7 heteroatoms. The summed E-state index contributed by atoms with van der Waals surface area (Å²) in [5.74, 6) is 0.228. The van der Waals surface area contributed by atoms with Gasteiger partial charge in [0.25, 0.3) is 0 Å². The monoisotopic (exact) mass is 462 g/mol. The molecule has 0 N–H and O–H groups in total. The second-order valence-electron chi connectivity index (χ2n) is 7.94. The Morgan fingerprint density at radius 1 is 1.21 bits per heavy atom. The summed E-state index contributed by atoms with van der Waals surface area (Å²) < 4.78 is 28.0. The number of esters is 1. The number of fused-ring (bicyclic) bond motifs is 1. The first-order chi connectivity index (χ1) is 16.1. The van der Waals surface area contributed by atoms with Crippen LogP contribution in [0.3, 0.4) is 0 Å². The quantitative estimate of drug-likeness (QED) is 0.241. The Bertz CT molecular complexity index is 1330. The summed E-state index contributed by atoms with van der Waals surface area (Å²) in [5, 5.41) is 0. The molecular formula is C26H23FN2O3S. The minimum absolute atomic E-state index is 0.0484. The molecular weight excluding hydrogens is 439 g/mol. The molecule has 0 saturated heterocycles. The molecule has 1 aliphatic rings. The van der Waals surface area contributed by atoms with Crippen molar-refractivity contribution in [2.45, 2.75) is 31.9 Å². The van der Waals surface area contributed by atoms with E-state index >= 15 is 4.39 Å². The molecule has 0 amide bonds. The number of aromatic nitrogens is 2. The summed E-state index contributed by atoms with van der Waals surface area (Å²) in [5.41, 5.74) is 2.24. The first kappa shape index (κ1) is 21.4. The fraction of sp³-hybridized carbons (Fsp3) is 0.231. The lowest BCUT2D eigenvalue weighted by Gasteiger charge is -2.21. The number of imidazole rings is 1. The van der Waals surface area contributed by atoms with Crippen molar-refractivity contribution in [1.29, 1.82) is 0 Å². The predicted octanol–water partition coefficient (Wildman–Crippen LogP) is 6.55. The van der Waals surface area contributed by atoms with E-state index in [1.165, 1.54) is 24.5 Å². The Balaban J connectivity index is 1.51. The number of halogens is 1. The zero-order valence-corrected chi connectivity index (χ0v) is 19.0. The van der Waals surface area contributed by atoms with E-state index in [9.17, 15) is 4.79 Å². The van der Waals surface area contributed by atoms with E-state index in [2.05, 4.69) is 12.2 Å². The lowest BCUT2D eigenvalue weighted by Crippen LogP contribution is -2.11. The van der Waals surface area contributed by atoms with Crippen molar-refractivity contribution in [2.75, 3.05) is 7.11 Å². The Morgan fingerprint density at radius 2 is 2.06 bits per heavy atom. The summed E-state index contributed by atoms with van der Waals surface area (Å²) in [6.45, 7) is 0.368. The average Bonchev–Trinajstić information content (AvgIpc) is 3.41. The summed E-state index contributed by atoms with van der Waals surface area (Å²) in [7, 11) is 1.36. The van der Waals surface area contributed by atoms with Gasteiger partial charge in [-0.15, -0.1) is 11.3 Å². The van der Waals surface area contributed by atoms with Crippen molar-refractivity contribution in [3.63, 3.8) is 0 Å². The van der Waals surface area contributed by atoms with Gasteiger partial charge in [0, 0.05) is 6.07 Å². The van der Waals surface area contributed by atoms with Crippen molar-refractivity contribution in [2.24, 2.45) is 0 Å². The highest BCUT2D eigenvalue weighted by atomic mass is 32.1. The molecule has 2 heterocycles. The van der Waals surface area contributed by atoms with Gasteiger partial charge in [-0.25, -0.2) is 14.2 Å². The Morgan fingerprint density at radius 3 is 2.79 bits per heavy atom. The fourth-order valence-corrected chi connectivity index (χ4v) is 5.07. The van der Waals surface area contributed by atoms with Crippen molar-refractivity contribution < 1.29 is 18.7 Å². The van der Waals surface area contributed by atoms with Gasteiger partial charge in [-0.05, 0) is 43.0 Å². The maximum Gasteiger partial charge on any atom is 0.348 e. The summed E-state index contributed by atoms with van der Waals surface area (Å²) in [6.07, 6.45) is 7.29. The van der Waals surface area contributed by atoms with Crippen LogP contribution < -0.4 is 4.74 Å². The number of ether oxygens (including phenoxy) is 2. The third-order valence-electron chi connectivity index (χ3n) is 5.77. The maximum absolute atomic E-state index is 15.3. The Hall–Kier alpha value is -3.45. The van der Waals surface area contributed by atoms with E-state index in [0.29, 0.717) is 33.5 Å². The first-order valence-electron chi connectivity index (χ1n) is 10.9. The molecule has 1 unspecified atom stereocenters. The second-order valence-corrected chi connectivity index (χ2v) is 8.97. The lowest BCUT2D eigenvalue weighted by molar-refractivity contribution is 0.0606. The molecule has 0 spiro atoms. The van der Waals surface area contributed by atoms with Crippen molar-refractivity contribution in [3.05, 3.63) is 83.0 Å². The zero-order valence-electron chi connectivity index (χ0n) is 18.2.